The lowest BCUT2D eigenvalue weighted by Crippen LogP contribution is -2.37. The minimum absolute atomic E-state index is 0.119. The smallest absolute Gasteiger partial charge is 0.0618 e. The molecule has 1 aliphatic heterocycles. The number of aliphatic hydroxyl groups excluding tert-OH is 1. The molecule has 2 fully saturated rings. The van der Waals surface area contributed by atoms with E-state index in [1.54, 1.807) is 0 Å². The Morgan fingerprint density at radius 1 is 1.00 bits per heavy atom. The Morgan fingerprint density at radius 2 is 1.67 bits per heavy atom. The van der Waals surface area contributed by atoms with Crippen molar-refractivity contribution in [1.29, 1.82) is 0 Å². The molecule has 0 aromatic heterocycles. The summed E-state index contributed by atoms with van der Waals surface area (Å²) in [5.41, 5.74) is 0.434. The number of hydrogen-bond donors (Lipinski definition) is 1. The molecular formula is C16H30O2. The predicted molar refractivity (Wildman–Crippen MR) is 74.5 cm³/mol. The fourth-order valence-electron chi connectivity index (χ4n) is 3.75. The Bertz CT molecular complexity index is 242. The zero-order chi connectivity index (χ0) is 13.2. The van der Waals surface area contributed by atoms with Gasteiger partial charge in [0, 0.05) is 12.5 Å². The third-order valence-electron chi connectivity index (χ3n) is 5.16. The first kappa shape index (κ1) is 14.3. The maximum atomic E-state index is 10.5. The standard InChI is InChI=1S/C16H30O2/c1-16(2,3)14-8-6-12(7-9-14)15(17)13-5-4-10-18-11-13/h12-15,17H,4-11H2,1-3H3. The highest BCUT2D eigenvalue weighted by Gasteiger charge is 2.35. The van der Waals surface area contributed by atoms with Crippen LogP contribution in [-0.4, -0.2) is 24.4 Å². The normalized spacial score (nSPS) is 36.3. The van der Waals surface area contributed by atoms with E-state index in [0.717, 1.165) is 32.0 Å². The maximum absolute atomic E-state index is 10.5. The van der Waals surface area contributed by atoms with Crippen molar-refractivity contribution >= 4 is 0 Å². The van der Waals surface area contributed by atoms with Crippen LogP contribution in [0.1, 0.15) is 59.3 Å². The molecule has 2 heteroatoms. The van der Waals surface area contributed by atoms with Gasteiger partial charge in [-0.1, -0.05) is 20.8 Å². The highest BCUT2D eigenvalue weighted by Crippen LogP contribution is 2.42. The van der Waals surface area contributed by atoms with Crippen LogP contribution < -0.4 is 0 Å². The summed E-state index contributed by atoms with van der Waals surface area (Å²) in [5, 5.41) is 10.5. The summed E-state index contributed by atoms with van der Waals surface area (Å²) >= 11 is 0. The second kappa shape index (κ2) is 5.92. The van der Waals surface area contributed by atoms with Crippen LogP contribution in [0.2, 0.25) is 0 Å². The van der Waals surface area contributed by atoms with E-state index >= 15 is 0 Å². The third-order valence-corrected chi connectivity index (χ3v) is 5.16. The molecule has 2 atom stereocenters. The molecule has 0 aromatic rings. The molecule has 0 radical (unpaired) electrons. The average molecular weight is 254 g/mol. The molecule has 0 spiro atoms. The van der Waals surface area contributed by atoms with Gasteiger partial charge >= 0.3 is 0 Å². The van der Waals surface area contributed by atoms with E-state index in [-0.39, 0.29) is 6.10 Å². The Balaban J connectivity index is 1.81. The van der Waals surface area contributed by atoms with Crippen LogP contribution in [0.15, 0.2) is 0 Å². The van der Waals surface area contributed by atoms with E-state index in [0.29, 0.717) is 17.3 Å². The quantitative estimate of drug-likeness (QED) is 0.815. The van der Waals surface area contributed by atoms with Crippen LogP contribution in [0.3, 0.4) is 0 Å². The Morgan fingerprint density at radius 3 is 2.17 bits per heavy atom. The number of aliphatic hydroxyl groups is 1. The first-order valence-electron chi connectivity index (χ1n) is 7.74. The van der Waals surface area contributed by atoms with Gasteiger partial charge in [0.25, 0.3) is 0 Å². The summed E-state index contributed by atoms with van der Waals surface area (Å²) in [6.45, 7) is 8.72. The van der Waals surface area contributed by atoms with Gasteiger partial charge in [-0.25, -0.2) is 0 Å². The molecule has 18 heavy (non-hydrogen) atoms. The molecule has 1 N–H and O–H groups in total. The van der Waals surface area contributed by atoms with Crippen molar-refractivity contribution < 1.29 is 9.84 Å². The lowest BCUT2D eigenvalue weighted by molar-refractivity contribution is -0.0461. The van der Waals surface area contributed by atoms with Gasteiger partial charge < -0.3 is 9.84 Å². The first-order valence-corrected chi connectivity index (χ1v) is 7.74. The van der Waals surface area contributed by atoms with Crippen molar-refractivity contribution in [2.45, 2.75) is 65.4 Å². The fourth-order valence-corrected chi connectivity index (χ4v) is 3.75. The third kappa shape index (κ3) is 3.48. The maximum Gasteiger partial charge on any atom is 0.0618 e. The van der Waals surface area contributed by atoms with Crippen LogP contribution in [0, 0.1) is 23.2 Å². The molecule has 2 rings (SSSR count). The lowest BCUT2D eigenvalue weighted by atomic mass is 9.67. The molecule has 1 aliphatic carbocycles. The van der Waals surface area contributed by atoms with Gasteiger partial charge in [-0.15, -0.1) is 0 Å². The summed E-state index contributed by atoms with van der Waals surface area (Å²) in [5.74, 6) is 1.76. The van der Waals surface area contributed by atoms with Crippen molar-refractivity contribution in [1.82, 2.24) is 0 Å². The van der Waals surface area contributed by atoms with Gasteiger partial charge in [-0.2, -0.15) is 0 Å². The van der Waals surface area contributed by atoms with Crippen LogP contribution in [0.5, 0.6) is 0 Å². The molecule has 1 heterocycles. The van der Waals surface area contributed by atoms with Crippen molar-refractivity contribution in [3.8, 4) is 0 Å². The van der Waals surface area contributed by atoms with Crippen LogP contribution >= 0.6 is 0 Å². The molecule has 2 unspecified atom stereocenters. The van der Waals surface area contributed by atoms with Crippen molar-refractivity contribution in [2.75, 3.05) is 13.2 Å². The highest BCUT2D eigenvalue weighted by atomic mass is 16.5. The zero-order valence-corrected chi connectivity index (χ0v) is 12.3. The summed E-state index contributed by atoms with van der Waals surface area (Å²) in [6.07, 6.45) is 7.15. The molecule has 1 saturated carbocycles. The summed E-state index contributed by atoms with van der Waals surface area (Å²) in [4.78, 5) is 0. The van der Waals surface area contributed by atoms with Gasteiger partial charge in [-0.05, 0) is 55.8 Å². The molecule has 0 bridgehead atoms. The van der Waals surface area contributed by atoms with E-state index in [1.165, 1.54) is 25.7 Å². The summed E-state index contributed by atoms with van der Waals surface area (Å²) in [7, 11) is 0. The van der Waals surface area contributed by atoms with E-state index in [9.17, 15) is 5.11 Å². The summed E-state index contributed by atoms with van der Waals surface area (Å²) < 4.78 is 5.51. The van der Waals surface area contributed by atoms with E-state index in [1.807, 2.05) is 0 Å². The van der Waals surface area contributed by atoms with Crippen molar-refractivity contribution in [3.05, 3.63) is 0 Å². The minimum Gasteiger partial charge on any atom is -0.392 e. The second-order valence-corrected chi connectivity index (χ2v) is 7.45. The van der Waals surface area contributed by atoms with Gasteiger partial charge in [0.1, 0.15) is 0 Å². The molecule has 1 saturated heterocycles. The minimum atomic E-state index is -0.119. The highest BCUT2D eigenvalue weighted by molar-refractivity contribution is 4.86. The lowest BCUT2D eigenvalue weighted by Gasteiger charge is -2.40. The van der Waals surface area contributed by atoms with Crippen molar-refractivity contribution in [3.63, 3.8) is 0 Å². The molecule has 2 nitrogen and oxygen atoms in total. The Labute approximate surface area is 112 Å². The van der Waals surface area contributed by atoms with Crippen LogP contribution in [0.25, 0.3) is 0 Å². The molecule has 0 aromatic carbocycles. The number of rotatable bonds is 2. The molecule has 2 aliphatic rings. The Hall–Kier alpha value is -0.0800. The van der Waals surface area contributed by atoms with E-state index in [2.05, 4.69) is 20.8 Å². The Kier molecular flexibility index (Phi) is 4.71. The van der Waals surface area contributed by atoms with Crippen LogP contribution in [0.4, 0.5) is 0 Å². The van der Waals surface area contributed by atoms with Gasteiger partial charge in [0.15, 0.2) is 0 Å². The van der Waals surface area contributed by atoms with Crippen LogP contribution in [-0.2, 0) is 4.74 Å². The summed E-state index contributed by atoms with van der Waals surface area (Å²) in [6, 6.07) is 0. The van der Waals surface area contributed by atoms with Gasteiger partial charge in [0.2, 0.25) is 0 Å². The van der Waals surface area contributed by atoms with E-state index in [4.69, 9.17) is 4.74 Å². The van der Waals surface area contributed by atoms with Gasteiger partial charge in [0.05, 0.1) is 12.7 Å². The van der Waals surface area contributed by atoms with Crippen molar-refractivity contribution in [2.24, 2.45) is 23.2 Å². The molecular weight excluding hydrogens is 224 g/mol. The fraction of sp³-hybridized carbons (Fsp3) is 1.00. The predicted octanol–water partition coefficient (Wildman–Crippen LogP) is 3.63. The first-order chi connectivity index (χ1) is 8.48. The second-order valence-electron chi connectivity index (χ2n) is 7.45. The van der Waals surface area contributed by atoms with E-state index < -0.39 is 0 Å². The number of ether oxygens (including phenoxy) is 1. The van der Waals surface area contributed by atoms with Gasteiger partial charge in [-0.3, -0.25) is 0 Å². The zero-order valence-electron chi connectivity index (χ0n) is 12.3. The largest absolute Gasteiger partial charge is 0.392 e. The SMILES string of the molecule is CC(C)(C)C1CCC(C(O)C2CCCOC2)CC1. The monoisotopic (exact) mass is 254 g/mol. The average Bonchev–Trinajstić information content (AvgIpc) is 2.38. The number of hydrogen-bond acceptors (Lipinski definition) is 2. The topological polar surface area (TPSA) is 29.5 Å². The molecule has 106 valence electrons. The molecule has 0 amide bonds.